The molecular weight excluding hydrogens is 456 g/mol. The fourth-order valence-corrected chi connectivity index (χ4v) is 5.59. The number of thiophene rings is 1. The second-order valence-electron chi connectivity index (χ2n) is 6.55. The van der Waals surface area contributed by atoms with Gasteiger partial charge in [-0.3, -0.25) is 14.2 Å². The fraction of sp³-hybridized carbons (Fsp3) is 0.350. The minimum atomic E-state index is -0.458. The van der Waals surface area contributed by atoms with E-state index in [0.29, 0.717) is 37.6 Å². The summed E-state index contributed by atoms with van der Waals surface area (Å²) in [6.07, 6.45) is 1.63. The zero-order valence-corrected chi connectivity index (χ0v) is 20.1. The first-order valence-corrected chi connectivity index (χ1v) is 12.1. The van der Waals surface area contributed by atoms with Crippen LogP contribution in [-0.4, -0.2) is 38.8 Å². The van der Waals surface area contributed by atoms with Crippen molar-refractivity contribution in [3.8, 4) is 0 Å². The van der Waals surface area contributed by atoms with Crippen LogP contribution in [0.4, 0.5) is 5.13 Å². The van der Waals surface area contributed by atoms with Crippen LogP contribution >= 0.6 is 34.4 Å². The van der Waals surface area contributed by atoms with Gasteiger partial charge in [0.1, 0.15) is 9.71 Å². The summed E-state index contributed by atoms with van der Waals surface area (Å²) in [5.74, 6) is -0.738. The Balaban J connectivity index is 1.78. The number of hydrogen-bond acceptors (Lipinski definition) is 9. The second-order valence-corrected chi connectivity index (χ2v) is 9.70. The highest BCUT2D eigenvalue weighted by Crippen LogP contribution is 2.29. The third-order valence-corrected chi connectivity index (χ3v) is 7.53. The van der Waals surface area contributed by atoms with Crippen LogP contribution in [-0.2, 0) is 16.1 Å². The summed E-state index contributed by atoms with van der Waals surface area (Å²) >= 11 is 3.70. The topological polar surface area (TPSA) is 103 Å². The van der Waals surface area contributed by atoms with E-state index in [0.717, 1.165) is 21.8 Å². The summed E-state index contributed by atoms with van der Waals surface area (Å²) in [5.41, 5.74) is 1.30. The van der Waals surface area contributed by atoms with E-state index in [1.165, 1.54) is 27.7 Å². The molecule has 11 heteroatoms. The Labute approximate surface area is 191 Å². The summed E-state index contributed by atoms with van der Waals surface area (Å²) in [6, 6.07) is 0. The molecule has 0 bridgehead atoms. The molecule has 0 aliphatic rings. The Bertz CT molecular complexity index is 1230. The second kappa shape index (κ2) is 9.75. The summed E-state index contributed by atoms with van der Waals surface area (Å²) in [4.78, 5) is 48.3. The summed E-state index contributed by atoms with van der Waals surface area (Å²) < 4.78 is 6.52. The number of anilines is 1. The van der Waals surface area contributed by atoms with Crippen molar-refractivity contribution in [1.82, 2.24) is 14.5 Å². The Morgan fingerprint density at radius 3 is 2.68 bits per heavy atom. The lowest BCUT2D eigenvalue weighted by atomic mass is 10.2. The van der Waals surface area contributed by atoms with Crippen molar-refractivity contribution in [2.24, 2.45) is 0 Å². The Hall–Kier alpha value is -2.50. The maximum atomic E-state index is 13.0. The number of aryl methyl sites for hydroxylation is 3. The average Bonchev–Trinajstić information content (AvgIpc) is 3.22. The number of fused-ring (bicyclic) bond motifs is 1. The van der Waals surface area contributed by atoms with Gasteiger partial charge in [-0.25, -0.2) is 14.8 Å². The first-order chi connectivity index (χ1) is 14.8. The van der Waals surface area contributed by atoms with Crippen molar-refractivity contribution < 1.29 is 14.3 Å². The van der Waals surface area contributed by atoms with Crippen LogP contribution in [0.3, 0.4) is 0 Å². The quantitative estimate of drug-likeness (QED) is 0.226. The molecule has 3 aromatic rings. The first kappa shape index (κ1) is 23.2. The molecule has 164 valence electrons. The number of nitrogens with zero attached hydrogens (tertiary/aromatic N) is 3. The lowest BCUT2D eigenvalue weighted by Crippen LogP contribution is -2.23. The summed E-state index contributed by atoms with van der Waals surface area (Å²) in [7, 11) is 0. The number of rotatable bonds is 8. The van der Waals surface area contributed by atoms with E-state index in [9.17, 15) is 14.4 Å². The molecule has 8 nitrogen and oxygen atoms in total. The number of thioether (sulfide) groups is 1. The minimum Gasteiger partial charge on any atom is -0.462 e. The van der Waals surface area contributed by atoms with Crippen LogP contribution in [0.5, 0.6) is 0 Å². The van der Waals surface area contributed by atoms with Crippen molar-refractivity contribution in [3.05, 3.63) is 44.0 Å². The molecule has 0 saturated heterocycles. The third-order valence-electron chi connectivity index (χ3n) is 4.40. The highest BCUT2D eigenvalue weighted by atomic mass is 32.2. The first-order valence-electron chi connectivity index (χ1n) is 9.45. The van der Waals surface area contributed by atoms with Crippen LogP contribution < -0.4 is 10.9 Å². The van der Waals surface area contributed by atoms with Gasteiger partial charge in [0.15, 0.2) is 10.3 Å². The number of carbonyl (C=O) groups is 2. The predicted octanol–water partition coefficient (Wildman–Crippen LogP) is 3.93. The molecule has 0 aliphatic heterocycles. The molecule has 0 aliphatic carbocycles. The zero-order valence-electron chi connectivity index (χ0n) is 17.6. The van der Waals surface area contributed by atoms with Crippen LogP contribution in [0.1, 0.15) is 32.7 Å². The molecule has 3 rings (SSSR count). The number of aromatic nitrogens is 3. The Morgan fingerprint density at radius 2 is 2.00 bits per heavy atom. The van der Waals surface area contributed by atoms with Crippen LogP contribution in [0.2, 0.25) is 0 Å². The SMILES string of the molecule is C=CCn1c(SCC(=O)Nc2nc(C)c(C(=O)OCC)s2)nc2sc(C)c(C)c2c1=O. The largest absolute Gasteiger partial charge is 0.462 e. The van der Waals surface area contributed by atoms with Gasteiger partial charge < -0.3 is 10.1 Å². The molecule has 31 heavy (non-hydrogen) atoms. The van der Waals surface area contributed by atoms with Crippen molar-refractivity contribution in [1.29, 1.82) is 0 Å². The van der Waals surface area contributed by atoms with Crippen LogP contribution in [0, 0.1) is 20.8 Å². The molecule has 0 unspecified atom stereocenters. The van der Waals surface area contributed by atoms with Crippen molar-refractivity contribution in [3.63, 3.8) is 0 Å². The van der Waals surface area contributed by atoms with Crippen molar-refractivity contribution in [2.75, 3.05) is 17.7 Å². The van der Waals surface area contributed by atoms with E-state index in [1.54, 1.807) is 19.9 Å². The molecule has 0 aromatic carbocycles. The summed E-state index contributed by atoms with van der Waals surface area (Å²) in [6.45, 7) is 11.6. The van der Waals surface area contributed by atoms with Gasteiger partial charge in [0.05, 0.1) is 23.4 Å². The van der Waals surface area contributed by atoms with Crippen LogP contribution in [0.15, 0.2) is 22.6 Å². The Morgan fingerprint density at radius 1 is 1.26 bits per heavy atom. The number of ether oxygens (including phenoxy) is 1. The van der Waals surface area contributed by atoms with E-state index < -0.39 is 5.97 Å². The van der Waals surface area contributed by atoms with Gasteiger partial charge in [-0.1, -0.05) is 29.2 Å². The van der Waals surface area contributed by atoms with Gasteiger partial charge in [0.25, 0.3) is 5.56 Å². The molecule has 1 amide bonds. The molecule has 0 atom stereocenters. The maximum Gasteiger partial charge on any atom is 0.350 e. The number of thiazole rings is 1. The number of hydrogen-bond donors (Lipinski definition) is 1. The van der Waals surface area contributed by atoms with Gasteiger partial charge in [0.2, 0.25) is 5.91 Å². The average molecular weight is 479 g/mol. The smallest absolute Gasteiger partial charge is 0.350 e. The molecule has 3 aromatic heterocycles. The van der Waals surface area contributed by atoms with E-state index in [2.05, 4.69) is 21.9 Å². The monoisotopic (exact) mass is 478 g/mol. The molecule has 0 saturated carbocycles. The standard InChI is InChI=1S/C20H22N4O4S3/c1-6-8-24-17(26)14-10(3)12(5)30-16(14)23-20(24)29-9-13(25)22-19-21-11(4)15(31-19)18(27)28-7-2/h6H,1,7-9H2,2-5H3,(H,21,22,25). The highest BCUT2D eigenvalue weighted by molar-refractivity contribution is 7.99. The molecule has 0 spiro atoms. The third kappa shape index (κ3) is 4.89. The van der Waals surface area contributed by atoms with Gasteiger partial charge in [0, 0.05) is 11.4 Å². The van der Waals surface area contributed by atoms with Crippen molar-refractivity contribution in [2.45, 2.75) is 39.4 Å². The molecule has 0 radical (unpaired) electrons. The molecule has 3 heterocycles. The molecule has 0 fully saturated rings. The molecular formula is C20H22N4O4S3. The number of esters is 1. The summed E-state index contributed by atoms with van der Waals surface area (Å²) in [5, 5.41) is 4.08. The lowest BCUT2D eigenvalue weighted by molar-refractivity contribution is -0.113. The number of amides is 1. The normalized spacial score (nSPS) is 11.0. The zero-order chi connectivity index (χ0) is 22.7. The minimum absolute atomic E-state index is 0.0335. The van der Waals surface area contributed by atoms with E-state index in [-0.39, 0.29) is 23.8 Å². The van der Waals surface area contributed by atoms with Crippen LogP contribution in [0.25, 0.3) is 10.2 Å². The van der Waals surface area contributed by atoms with Gasteiger partial charge in [-0.15, -0.1) is 17.9 Å². The lowest BCUT2D eigenvalue weighted by Gasteiger charge is -2.10. The predicted molar refractivity (Wildman–Crippen MR) is 126 cm³/mol. The van der Waals surface area contributed by atoms with Gasteiger partial charge >= 0.3 is 5.97 Å². The Kier molecular flexibility index (Phi) is 7.29. The highest BCUT2D eigenvalue weighted by Gasteiger charge is 2.19. The van der Waals surface area contributed by atoms with Gasteiger partial charge in [-0.05, 0) is 33.3 Å². The number of carbonyl (C=O) groups excluding carboxylic acids is 2. The number of nitrogens with one attached hydrogen (secondary N) is 1. The van der Waals surface area contributed by atoms with E-state index >= 15 is 0 Å². The van der Waals surface area contributed by atoms with Crippen molar-refractivity contribution >= 4 is 61.7 Å². The fourth-order valence-electron chi connectivity index (χ4n) is 2.83. The van der Waals surface area contributed by atoms with Gasteiger partial charge in [-0.2, -0.15) is 0 Å². The van der Waals surface area contributed by atoms with E-state index in [4.69, 9.17) is 4.74 Å². The maximum absolute atomic E-state index is 13.0. The van der Waals surface area contributed by atoms with E-state index in [1.807, 2.05) is 13.8 Å². The number of allylic oxidation sites excluding steroid dienone is 1. The molecule has 1 N–H and O–H groups in total.